The number of aromatic nitrogens is 3. The molecule has 2 heterocycles. The first-order valence-corrected chi connectivity index (χ1v) is 11.2. The molecular weight excluding hydrogens is 414 g/mol. The number of nitrogens with zero attached hydrogens (tertiary/aromatic N) is 2. The minimum Gasteiger partial charge on any atom is -0.497 e. The van der Waals surface area contributed by atoms with Crippen LogP contribution < -0.4 is 14.2 Å². The van der Waals surface area contributed by atoms with Crippen LogP contribution in [0, 0.1) is 12.8 Å². The van der Waals surface area contributed by atoms with Crippen molar-refractivity contribution in [1.82, 2.24) is 15.0 Å². The summed E-state index contributed by atoms with van der Waals surface area (Å²) < 4.78 is 17.3. The van der Waals surface area contributed by atoms with Crippen molar-refractivity contribution < 1.29 is 14.2 Å². The number of nitrogens with one attached hydrogen (secondary N) is 1. The average molecular weight is 446 g/mol. The zero-order valence-electron chi connectivity index (χ0n) is 19.9. The molecule has 6 heteroatoms. The maximum atomic E-state index is 6.18. The van der Waals surface area contributed by atoms with Gasteiger partial charge in [0.05, 0.1) is 14.2 Å². The van der Waals surface area contributed by atoms with Crippen molar-refractivity contribution in [2.24, 2.45) is 5.92 Å². The normalized spacial score (nSPS) is 11.2. The molecule has 0 atom stereocenters. The van der Waals surface area contributed by atoms with Gasteiger partial charge >= 0.3 is 0 Å². The molecule has 0 spiro atoms. The van der Waals surface area contributed by atoms with Crippen LogP contribution in [-0.4, -0.2) is 29.2 Å². The monoisotopic (exact) mass is 445 g/mol. The molecule has 0 amide bonds. The number of ether oxygens (including phenoxy) is 3. The van der Waals surface area contributed by atoms with Crippen LogP contribution in [0.1, 0.15) is 42.1 Å². The van der Waals surface area contributed by atoms with Gasteiger partial charge in [-0.1, -0.05) is 44.2 Å². The minimum atomic E-state index is 0.414. The molecule has 0 unspecified atom stereocenters. The van der Waals surface area contributed by atoms with Gasteiger partial charge in [-0.2, -0.15) is 0 Å². The molecule has 0 bridgehead atoms. The van der Waals surface area contributed by atoms with Crippen molar-refractivity contribution in [3.63, 3.8) is 0 Å². The maximum Gasteiger partial charge on any atom is 0.236 e. The Morgan fingerprint density at radius 2 is 1.67 bits per heavy atom. The van der Waals surface area contributed by atoms with Crippen LogP contribution >= 0.6 is 0 Å². The third-order valence-corrected chi connectivity index (χ3v) is 5.65. The Labute approximate surface area is 195 Å². The van der Waals surface area contributed by atoms with E-state index in [0.29, 0.717) is 30.7 Å². The molecule has 4 aromatic rings. The SMILES string of the molecule is COc1ccc2[nH]c(C)c(Cc3nc(OCc4ccccc4)c(CC(C)C)nc3OC)c2c1. The van der Waals surface area contributed by atoms with Gasteiger partial charge in [0.15, 0.2) is 0 Å². The summed E-state index contributed by atoms with van der Waals surface area (Å²) in [6, 6.07) is 16.1. The molecular formula is C27H31N3O3. The van der Waals surface area contributed by atoms with E-state index in [1.807, 2.05) is 48.5 Å². The van der Waals surface area contributed by atoms with Gasteiger partial charge in [-0.25, -0.2) is 9.97 Å². The third kappa shape index (κ3) is 5.11. The summed E-state index contributed by atoms with van der Waals surface area (Å²) in [4.78, 5) is 13.2. The van der Waals surface area contributed by atoms with E-state index in [-0.39, 0.29) is 0 Å². The highest BCUT2D eigenvalue weighted by Crippen LogP contribution is 2.31. The fourth-order valence-corrected chi connectivity index (χ4v) is 3.99. The molecule has 6 nitrogen and oxygen atoms in total. The lowest BCUT2D eigenvalue weighted by Crippen LogP contribution is -2.10. The number of hydrogen-bond acceptors (Lipinski definition) is 5. The molecule has 172 valence electrons. The van der Waals surface area contributed by atoms with Gasteiger partial charge in [0.25, 0.3) is 0 Å². The number of methoxy groups -OCH3 is 2. The highest BCUT2D eigenvalue weighted by Gasteiger charge is 2.20. The highest BCUT2D eigenvalue weighted by atomic mass is 16.5. The zero-order chi connectivity index (χ0) is 23.4. The van der Waals surface area contributed by atoms with Gasteiger partial charge in [-0.05, 0) is 48.6 Å². The summed E-state index contributed by atoms with van der Waals surface area (Å²) in [5.74, 6) is 2.34. The Balaban J connectivity index is 1.73. The van der Waals surface area contributed by atoms with Crippen LogP contribution in [0.25, 0.3) is 10.9 Å². The second-order valence-electron chi connectivity index (χ2n) is 8.62. The Morgan fingerprint density at radius 1 is 0.909 bits per heavy atom. The van der Waals surface area contributed by atoms with E-state index in [2.05, 4.69) is 25.8 Å². The quantitative estimate of drug-likeness (QED) is 0.360. The molecule has 0 radical (unpaired) electrons. The number of benzene rings is 2. The van der Waals surface area contributed by atoms with E-state index in [4.69, 9.17) is 24.2 Å². The average Bonchev–Trinajstić information content (AvgIpc) is 3.13. The molecule has 2 aromatic heterocycles. The number of rotatable bonds is 9. The van der Waals surface area contributed by atoms with Crippen molar-refractivity contribution in [3.05, 3.63) is 76.7 Å². The highest BCUT2D eigenvalue weighted by molar-refractivity contribution is 5.86. The lowest BCUT2D eigenvalue weighted by atomic mass is 10.0. The van der Waals surface area contributed by atoms with E-state index in [0.717, 1.165) is 51.3 Å². The Bertz CT molecular complexity index is 1230. The first kappa shape index (κ1) is 22.6. The molecule has 0 fully saturated rings. The molecule has 0 saturated heterocycles. The van der Waals surface area contributed by atoms with E-state index in [1.54, 1.807) is 14.2 Å². The summed E-state index contributed by atoms with van der Waals surface area (Å²) in [5.41, 5.74) is 5.94. The van der Waals surface area contributed by atoms with Crippen LogP contribution in [0.4, 0.5) is 0 Å². The molecule has 1 N–H and O–H groups in total. The topological polar surface area (TPSA) is 69.3 Å². The summed E-state index contributed by atoms with van der Waals surface area (Å²) >= 11 is 0. The molecule has 0 aliphatic carbocycles. The largest absolute Gasteiger partial charge is 0.497 e. The molecule has 4 rings (SSSR count). The van der Waals surface area contributed by atoms with Gasteiger partial charge < -0.3 is 19.2 Å². The van der Waals surface area contributed by atoms with E-state index in [9.17, 15) is 0 Å². The summed E-state index contributed by atoms with van der Waals surface area (Å²) in [7, 11) is 3.32. The van der Waals surface area contributed by atoms with Crippen molar-refractivity contribution in [2.45, 2.75) is 40.2 Å². The van der Waals surface area contributed by atoms with Crippen LogP contribution in [-0.2, 0) is 19.4 Å². The van der Waals surface area contributed by atoms with Crippen molar-refractivity contribution in [1.29, 1.82) is 0 Å². The molecule has 0 aliphatic rings. The Morgan fingerprint density at radius 3 is 2.36 bits per heavy atom. The zero-order valence-corrected chi connectivity index (χ0v) is 19.9. The van der Waals surface area contributed by atoms with Crippen LogP contribution in [0.5, 0.6) is 17.5 Å². The molecule has 33 heavy (non-hydrogen) atoms. The van der Waals surface area contributed by atoms with Crippen LogP contribution in [0.3, 0.4) is 0 Å². The van der Waals surface area contributed by atoms with Crippen molar-refractivity contribution >= 4 is 10.9 Å². The van der Waals surface area contributed by atoms with Gasteiger partial charge in [-0.15, -0.1) is 0 Å². The Hall–Kier alpha value is -3.54. The standard InChI is InChI=1S/C27H31N3O3/c1-17(2)13-24-27(33-16-19-9-7-6-8-10-19)30-25(26(29-24)32-5)15-21-18(3)28-23-12-11-20(31-4)14-22(21)23/h6-12,14,17,28H,13,15-16H2,1-5H3. The molecule has 0 aliphatic heterocycles. The van der Waals surface area contributed by atoms with Gasteiger partial charge in [0.1, 0.15) is 23.7 Å². The van der Waals surface area contributed by atoms with Gasteiger partial charge in [0, 0.05) is 23.0 Å². The number of hydrogen-bond donors (Lipinski definition) is 1. The van der Waals surface area contributed by atoms with Crippen molar-refractivity contribution in [3.8, 4) is 17.5 Å². The summed E-state index contributed by atoms with van der Waals surface area (Å²) in [6.45, 7) is 6.83. The lowest BCUT2D eigenvalue weighted by Gasteiger charge is -2.16. The predicted molar refractivity (Wildman–Crippen MR) is 130 cm³/mol. The van der Waals surface area contributed by atoms with Gasteiger partial charge in [0.2, 0.25) is 11.8 Å². The molecule has 2 aromatic carbocycles. The fourth-order valence-electron chi connectivity index (χ4n) is 3.99. The number of H-pyrrole nitrogens is 1. The fraction of sp³-hybridized carbons (Fsp3) is 0.333. The Kier molecular flexibility index (Phi) is 6.82. The molecule has 0 saturated carbocycles. The summed E-state index contributed by atoms with van der Waals surface area (Å²) in [6.07, 6.45) is 1.33. The number of fused-ring (bicyclic) bond motifs is 1. The second-order valence-corrected chi connectivity index (χ2v) is 8.62. The summed E-state index contributed by atoms with van der Waals surface area (Å²) in [5, 5.41) is 1.11. The predicted octanol–water partition coefficient (Wildman–Crippen LogP) is 5.65. The van der Waals surface area contributed by atoms with Crippen molar-refractivity contribution in [2.75, 3.05) is 14.2 Å². The number of aromatic amines is 1. The smallest absolute Gasteiger partial charge is 0.236 e. The third-order valence-electron chi connectivity index (χ3n) is 5.65. The van der Waals surface area contributed by atoms with Crippen LogP contribution in [0.2, 0.25) is 0 Å². The maximum absolute atomic E-state index is 6.18. The van der Waals surface area contributed by atoms with E-state index >= 15 is 0 Å². The minimum absolute atomic E-state index is 0.414. The lowest BCUT2D eigenvalue weighted by molar-refractivity contribution is 0.282. The first-order valence-electron chi connectivity index (χ1n) is 11.2. The van der Waals surface area contributed by atoms with Gasteiger partial charge in [-0.3, -0.25) is 0 Å². The number of aryl methyl sites for hydroxylation is 1. The first-order chi connectivity index (χ1) is 16.0. The van der Waals surface area contributed by atoms with E-state index < -0.39 is 0 Å². The van der Waals surface area contributed by atoms with E-state index in [1.165, 1.54) is 0 Å². The second kappa shape index (κ2) is 9.94. The van der Waals surface area contributed by atoms with Crippen LogP contribution in [0.15, 0.2) is 48.5 Å².